The number of rotatable bonds is 31. The Morgan fingerprint density at radius 3 is 1.36 bits per heavy atom. The van der Waals surface area contributed by atoms with E-state index in [4.69, 9.17) is 14.0 Å². The van der Waals surface area contributed by atoms with Gasteiger partial charge in [-0.3, -0.25) is 0 Å². The van der Waals surface area contributed by atoms with Crippen LogP contribution in [0.15, 0.2) is 121 Å². The summed E-state index contributed by atoms with van der Waals surface area (Å²) in [5, 5.41) is 9.98. The third kappa shape index (κ3) is 10.7. The molecule has 1 N–H and O–H groups in total. The summed E-state index contributed by atoms with van der Waals surface area (Å²) in [6.45, 7) is 12.6. The number of fused-ring (bicyclic) bond motifs is 9. The molecule has 393 valence electrons. The molecule has 0 spiro atoms. The predicted molar refractivity (Wildman–Crippen MR) is 319 cm³/mol. The van der Waals surface area contributed by atoms with Crippen LogP contribution in [-0.2, 0) is 30.3 Å². The average molecular weight is 1000 g/mol. The van der Waals surface area contributed by atoms with Crippen molar-refractivity contribution >= 4 is 25.3 Å². The molecule has 3 aliphatic carbocycles. The van der Waals surface area contributed by atoms with Gasteiger partial charge in [0.25, 0.3) is 0 Å². The lowest BCUT2D eigenvalue weighted by Gasteiger charge is -2.38. The van der Waals surface area contributed by atoms with Crippen LogP contribution in [0.25, 0.3) is 33.4 Å². The monoisotopic (exact) mass is 1000 g/mol. The summed E-state index contributed by atoms with van der Waals surface area (Å²) >= 11 is 0. The predicted octanol–water partition coefficient (Wildman–Crippen LogP) is 16.2. The number of methoxy groups -OCH3 is 1. The molecule has 6 heteroatoms. The number of ether oxygens (including phenoxy) is 1. The van der Waals surface area contributed by atoms with E-state index in [1.165, 1.54) is 181 Å². The van der Waals surface area contributed by atoms with Crippen LogP contribution in [0.5, 0.6) is 0 Å². The number of aliphatic hydroxyl groups is 1. The lowest BCUT2D eigenvalue weighted by molar-refractivity contribution is 0.150. The van der Waals surface area contributed by atoms with Crippen LogP contribution in [-0.4, -0.2) is 53.0 Å². The zero-order valence-corrected chi connectivity index (χ0v) is 46.8. The molecular weight excluding hydrogens is 914 g/mol. The standard InChI is InChI=1S/C69H87B2O4/c1-7-11-15-23-39-67(40-24-16-12-8-2)61-29-21-19-27-55(61)57-35-31-51(47-63(57)67)69(65-49-53(70-74-46-45-73-6)33-37-59(65)60-38-34-54(50-66(60)69)71(5)75-44-43-72)52-32-36-58-56-28-20-22-30-62(56)68(64(58)48-52,41-25-17-13-9-3)42-26-18-14-10-4/h19-22,27-38,47-50,72H,7-18,23-26,39-46H2,1-6H3. The second-order valence-corrected chi connectivity index (χ2v) is 22.6. The first-order valence-corrected chi connectivity index (χ1v) is 29.8. The summed E-state index contributed by atoms with van der Waals surface area (Å²) in [6.07, 6.45) is 24.6. The van der Waals surface area contributed by atoms with E-state index in [0.717, 1.165) is 36.6 Å². The van der Waals surface area contributed by atoms with Gasteiger partial charge in [-0.1, -0.05) is 264 Å². The highest BCUT2D eigenvalue weighted by molar-refractivity contribution is 6.66. The van der Waals surface area contributed by atoms with Crippen molar-refractivity contribution in [3.63, 3.8) is 0 Å². The summed E-state index contributed by atoms with van der Waals surface area (Å²) in [5.74, 6) is 0. The molecule has 0 unspecified atom stereocenters. The number of unbranched alkanes of at least 4 members (excludes halogenated alkanes) is 12. The molecule has 0 atom stereocenters. The van der Waals surface area contributed by atoms with Gasteiger partial charge >= 0.3 is 14.4 Å². The molecule has 4 nitrogen and oxygen atoms in total. The van der Waals surface area contributed by atoms with Gasteiger partial charge in [-0.2, -0.15) is 0 Å². The van der Waals surface area contributed by atoms with E-state index in [-0.39, 0.29) is 24.4 Å². The third-order valence-corrected chi connectivity index (χ3v) is 18.0. The minimum atomic E-state index is -0.701. The highest BCUT2D eigenvalue weighted by Gasteiger charge is 2.51. The van der Waals surface area contributed by atoms with E-state index in [1.807, 2.05) is 7.48 Å². The van der Waals surface area contributed by atoms with E-state index in [1.54, 1.807) is 7.11 Å². The van der Waals surface area contributed by atoms with Crippen molar-refractivity contribution in [1.82, 2.24) is 0 Å². The van der Waals surface area contributed by atoms with Gasteiger partial charge in [-0.15, -0.1) is 0 Å². The topological polar surface area (TPSA) is 47.9 Å². The van der Waals surface area contributed by atoms with Crippen molar-refractivity contribution < 1.29 is 19.2 Å². The Hall–Kier alpha value is -4.71. The fourth-order valence-corrected chi connectivity index (χ4v) is 14.2. The molecule has 0 saturated heterocycles. The number of aliphatic hydroxyl groups excluding tert-OH is 1. The van der Waals surface area contributed by atoms with Gasteiger partial charge in [-0.05, 0) is 109 Å². The van der Waals surface area contributed by atoms with E-state index < -0.39 is 5.41 Å². The Balaban J connectivity index is 1.35. The smallest absolute Gasteiger partial charge is 0.330 e. The van der Waals surface area contributed by atoms with Gasteiger partial charge in [0.15, 0.2) is 0 Å². The number of hydrogen-bond donors (Lipinski definition) is 1. The maximum absolute atomic E-state index is 9.98. The summed E-state index contributed by atoms with van der Waals surface area (Å²) < 4.78 is 18.0. The normalized spacial score (nSPS) is 14.8. The Morgan fingerprint density at radius 2 is 0.880 bits per heavy atom. The minimum Gasteiger partial charge on any atom is -0.432 e. The molecule has 0 fully saturated rings. The molecule has 1 radical (unpaired) electrons. The summed E-state index contributed by atoms with van der Waals surface area (Å²) in [7, 11) is 3.67. The zero-order valence-electron chi connectivity index (χ0n) is 46.8. The van der Waals surface area contributed by atoms with Gasteiger partial charge < -0.3 is 19.2 Å². The lowest BCUT2D eigenvalue weighted by Crippen LogP contribution is -2.35. The highest BCUT2D eigenvalue weighted by Crippen LogP contribution is 2.62. The van der Waals surface area contributed by atoms with Gasteiger partial charge in [0.05, 0.1) is 31.8 Å². The van der Waals surface area contributed by atoms with E-state index in [2.05, 4.69) is 156 Å². The second kappa shape index (κ2) is 25.6. The van der Waals surface area contributed by atoms with Crippen molar-refractivity contribution in [3.8, 4) is 33.4 Å². The van der Waals surface area contributed by atoms with E-state index in [0.29, 0.717) is 19.8 Å². The second-order valence-electron chi connectivity index (χ2n) is 22.6. The Labute approximate surface area is 454 Å². The summed E-state index contributed by atoms with van der Waals surface area (Å²) in [6, 6.07) is 48.6. The summed E-state index contributed by atoms with van der Waals surface area (Å²) in [5.41, 5.74) is 20.8. The van der Waals surface area contributed by atoms with Crippen LogP contribution in [0.3, 0.4) is 0 Å². The van der Waals surface area contributed by atoms with Crippen LogP contribution in [0.1, 0.15) is 201 Å². The van der Waals surface area contributed by atoms with E-state index >= 15 is 0 Å². The van der Waals surface area contributed by atoms with Crippen LogP contribution in [0.4, 0.5) is 0 Å². The molecule has 0 saturated carbocycles. The van der Waals surface area contributed by atoms with Crippen LogP contribution in [0, 0.1) is 0 Å². The first-order valence-electron chi connectivity index (χ1n) is 29.8. The average Bonchev–Trinajstić information content (AvgIpc) is 4.07. The minimum absolute atomic E-state index is 0.0112. The van der Waals surface area contributed by atoms with Gasteiger partial charge in [0, 0.05) is 17.9 Å². The highest BCUT2D eigenvalue weighted by atomic mass is 16.5. The molecule has 3 aliphatic rings. The molecule has 0 amide bonds. The van der Waals surface area contributed by atoms with Gasteiger partial charge in [-0.25, -0.2) is 0 Å². The Morgan fingerprint density at radius 1 is 0.440 bits per heavy atom. The molecule has 6 aromatic rings. The third-order valence-electron chi connectivity index (χ3n) is 18.0. The maximum Gasteiger partial charge on any atom is 0.330 e. The van der Waals surface area contributed by atoms with Crippen molar-refractivity contribution in [1.29, 1.82) is 0 Å². The van der Waals surface area contributed by atoms with E-state index in [9.17, 15) is 5.11 Å². The first-order chi connectivity index (χ1) is 36.9. The molecule has 9 rings (SSSR count). The number of hydrogen-bond acceptors (Lipinski definition) is 4. The van der Waals surface area contributed by atoms with Crippen molar-refractivity contribution in [2.24, 2.45) is 0 Å². The zero-order chi connectivity index (χ0) is 52.3. The molecule has 0 bridgehead atoms. The first kappa shape index (κ1) is 55.1. The van der Waals surface area contributed by atoms with Crippen molar-refractivity contribution in [3.05, 3.63) is 166 Å². The van der Waals surface area contributed by atoms with Gasteiger partial charge in [0.1, 0.15) is 0 Å². The molecule has 0 aromatic heterocycles. The quantitative estimate of drug-likeness (QED) is 0.0348. The van der Waals surface area contributed by atoms with Crippen LogP contribution < -0.4 is 10.9 Å². The lowest BCUT2D eigenvalue weighted by atomic mass is 9.60. The molecular formula is C69H87B2O4. The molecule has 75 heavy (non-hydrogen) atoms. The van der Waals surface area contributed by atoms with Crippen LogP contribution >= 0.6 is 0 Å². The fourth-order valence-electron chi connectivity index (χ4n) is 14.2. The van der Waals surface area contributed by atoms with Crippen molar-refractivity contribution in [2.45, 2.75) is 179 Å². The summed E-state index contributed by atoms with van der Waals surface area (Å²) in [4.78, 5) is 0. The number of benzene rings is 6. The Kier molecular flexibility index (Phi) is 18.8. The van der Waals surface area contributed by atoms with Crippen LogP contribution in [0.2, 0.25) is 6.82 Å². The molecule has 0 heterocycles. The largest absolute Gasteiger partial charge is 0.432 e. The SMILES string of the molecule is CCCCCCC1(CCCCCC)c2ccccc2-c2ccc(C3(c4ccc5c(c4)C(CCCCCC)(CCCCCC)c4ccccc4-5)c4cc([B]OCCOC)ccc4-c4ccc(B(C)OCCO)cc43)cc21. The molecule has 0 aliphatic heterocycles. The maximum atomic E-state index is 9.98. The molecule has 6 aromatic carbocycles. The van der Waals surface area contributed by atoms with Gasteiger partial charge in [0.2, 0.25) is 0 Å². The van der Waals surface area contributed by atoms with Crippen molar-refractivity contribution in [2.75, 3.05) is 33.5 Å². The fraction of sp³-hybridized carbons (Fsp3) is 0.478. The Bertz CT molecular complexity index is 2680.